The van der Waals surface area contributed by atoms with Crippen molar-refractivity contribution in [1.29, 1.82) is 0 Å². The van der Waals surface area contributed by atoms with Gasteiger partial charge in [0.25, 0.3) is 0 Å². The lowest BCUT2D eigenvalue weighted by molar-refractivity contribution is 0.00379. The van der Waals surface area contributed by atoms with Crippen LogP contribution in [0.3, 0.4) is 0 Å². The fraction of sp³-hybridized carbons (Fsp3) is 1.00. The van der Waals surface area contributed by atoms with Gasteiger partial charge in [-0.3, -0.25) is 0 Å². The average molecular weight is 184 g/mol. The molecule has 1 aliphatic carbocycles. The Morgan fingerprint density at radius 3 is 2.46 bits per heavy atom. The van der Waals surface area contributed by atoms with Crippen LogP contribution in [-0.4, -0.2) is 24.4 Å². The number of aliphatic hydroxyl groups excluding tert-OH is 1. The standard InChI is InChI=1S/C11H20O2/c12-11(4-3-9-1-2-9)10-5-7-13-8-6-10/h9-12H,1-8H2. The zero-order chi connectivity index (χ0) is 9.10. The van der Waals surface area contributed by atoms with E-state index in [0.29, 0.717) is 5.92 Å². The van der Waals surface area contributed by atoms with Crippen molar-refractivity contribution in [2.24, 2.45) is 11.8 Å². The third-order valence-corrected chi connectivity index (χ3v) is 3.38. The first-order valence-corrected chi connectivity index (χ1v) is 5.62. The molecule has 0 radical (unpaired) electrons. The Morgan fingerprint density at radius 2 is 1.85 bits per heavy atom. The highest BCUT2D eigenvalue weighted by Gasteiger charge is 2.26. The SMILES string of the molecule is OC(CCC1CC1)C1CCOCC1. The first-order chi connectivity index (χ1) is 6.36. The topological polar surface area (TPSA) is 29.5 Å². The van der Waals surface area contributed by atoms with E-state index < -0.39 is 0 Å². The van der Waals surface area contributed by atoms with Crippen LogP contribution >= 0.6 is 0 Å². The van der Waals surface area contributed by atoms with Gasteiger partial charge in [-0.05, 0) is 37.5 Å². The molecule has 1 N–H and O–H groups in total. The molecule has 2 fully saturated rings. The van der Waals surface area contributed by atoms with Gasteiger partial charge in [0, 0.05) is 13.2 Å². The Morgan fingerprint density at radius 1 is 1.15 bits per heavy atom. The van der Waals surface area contributed by atoms with Crippen LogP contribution in [0.1, 0.15) is 38.5 Å². The summed E-state index contributed by atoms with van der Waals surface area (Å²) < 4.78 is 5.28. The summed E-state index contributed by atoms with van der Waals surface area (Å²) in [6.45, 7) is 1.70. The lowest BCUT2D eigenvalue weighted by Crippen LogP contribution is -2.27. The monoisotopic (exact) mass is 184 g/mol. The fourth-order valence-electron chi connectivity index (χ4n) is 2.15. The maximum Gasteiger partial charge on any atom is 0.0570 e. The van der Waals surface area contributed by atoms with E-state index in [-0.39, 0.29) is 6.10 Å². The first-order valence-electron chi connectivity index (χ1n) is 5.62. The largest absolute Gasteiger partial charge is 0.393 e. The highest BCUT2D eigenvalue weighted by molar-refractivity contribution is 4.77. The van der Waals surface area contributed by atoms with Crippen LogP contribution in [0.15, 0.2) is 0 Å². The zero-order valence-corrected chi connectivity index (χ0v) is 8.24. The van der Waals surface area contributed by atoms with Gasteiger partial charge in [0.1, 0.15) is 0 Å². The van der Waals surface area contributed by atoms with E-state index in [0.717, 1.165) is 38.4 Å². The summed E-state index contributed by atoms with van der Waals surface area (Å²) in [5.41, 5.74) is 0. The minimum absolute atomic E-state index is 0.0514. The second-order valence-electron chi connectivity index (χ2n) is 4.54. The summed E-state index contributed by atoms with van der Waals surface area (Å²) >= 11 is 0. The molecule has 0 spiro atoms. The first kappa shape index (κ1) is 9.47. The van der Waals surface area contributed by atoms with Crippen LogP contribution < -0.4 is 0 Å². The van der Waals surface area contributed by atoms with Crippen molar-refractivity contribution in [1.82, 2.24) is 0 Å². The number of hydrogen-bond acceptors (Lipinski definition) is 2. The van der Waals surface area contributed by atoms with Crippen LogP contribution in [-0.2, 0) is 4.74 Å². The minimum atomic E-state index is -0.0514. The van der Waals surface area contributed by atoms with Gasteiger partial charge >= 0.3 is 0 Å². The molecule has 13 heavy (non-hydrogen) atoms. The molecule has 2 rings (SSSR count). The van der Waals surface area contributed by atoms with Crippen LogP contribution in [0.2, 0.25) is 0 Å². The van der Waals surface area contributed by atoms with Gasteiger partial charge < -0.3 is 9.84 Å². The van der Waals surface area contributed by atoms with Gasteiger partial charge in [0.2, 0.25) is 0 Å². The summed E-state index contributed by atoms with van der Waals surface area (Å²) in [5.74, 6) is 1.47. The summed E-state index contributed by atoms with van der Waals surface area (Å²) in [7, 11) is 0. The number of ether oxygens (including phenoxy) is 1. The summed E-state index contributed by atoms with van der Waals surface area (Å²) in [6.07, 6.45) is 7.15. The molecule has 76 valence electrons. The van der Waals surface area contributed by atoms with Gasteiger partial charge in [-0.15, -0.1) is 0 Å². The van der Waals surface area contributed by atoms with Gasteiger partial charge in [-0.1, -0.05) is 12.8 Å². The van der Waals surface area contributed by atoms with Gasteiger partial charge in [0.05, 0.1) is 6.10 Å². The van der Waals surface area contributed by atoms with Crippen molar-refractivity contribution >= 4 is 0 Å². The maximum absolute atomic E-state index is 9.90. The van der Waals surface area contributed by atoms with Crippen molar-refractivity contribution in [2.45, 2.75) is 44.6 Å². The Bertz CT molecular complexity index is 148. The fourth-order valence-corrected chi connectivity index (χ4v) is 2.15. The average Bonchev–Trinajstić information content (AvgIpc) is 2.99. The molecular formula is C11H20O2. The van der Waals surface area contributed by atoms with E-state index >= 15 is 0 Å². The molecule has 1 saturated heterocycles. The van der Waals surface area contributed by atoms with Crippen LogP contribution in [0.4, 0.5) is 0 Å². The summed E-state index contributed by atoms with van der Waals surface area (Å²) in [4.78, 5) is 0. The molecule has 1 atom stereocenters. The van der Waals surface area contributed by atoms with Crippen molar-refractivity contribution in [3.63, 3.8) is 0 Å². The number of hydrogen-bond donors (Lipinski definition) is 1. The Hall–Kier alpha value is -0.0800. The molecule has 1 saturated carbocycles. The smallest absolute Gasteiger partial charge is 0.0570 e. The van der Waals surface area contributed by atoms with Crippen LogP contribution in [0, 0.1) is 11.8 Å². The Labute approximate surface area is 80.3 Å². The molecule has 0 aromatic carbocycles. The molecule has 1 unspecified atom stereocenters. The second-order valence-corrected chi connectivity index (χ2v) is 4.54. The molecule has 0 aromatic heterocycles. The highest BCUT2D eigenvalue weighted by atomic mass is 16.5. The second kappa shape index (κ2) is 4.43. The van der Waals surface area contributed by atoms with E-state index in [1.807, 2.05) is 0 Å². The molecule has 0 aromatic rings. The summed E-state index contributed by atoms with van der Waals surface area (Å²) in [6, 6.07) is 0. The van der Waals surface area contributed by atoms with Crippen LogP contribution in [0.25, 0.3) is 0 Å². The lowest BCUT2D eigenvalue weighted by atomic mass is 9.91. The molecule has 0 bridgehead atoms. The van der Waals surface area contributed by atoms with Crippen molar-refractivity contribution < 1.29 is 9.84 Å². The highest BCUT2D eigenvalue weighted by Crippen LogP contribution is 2.35. The predicted octanol–water partition coefficient (Wildman–Crippen LogP) is 1.96. The zero-order valence-electron chi connectivity index (χ0n) is 8.24. The Kier molecular flexibility index (Phi) is 3.23. The quantitative estimate of drug-likeness (QED) is 0.723. The molecule has 2 aliphatic rings. The molecule has 1 heterocycles. The van der Waals surface area contributed by atoms with Crippen molar-refractivity contribution in [3.8, 4) is 0 Å². The molecule has 1 aliphatic heterocycles. The van der Waals surface area contributed by atoms with Crippen LogP contribution in [0.5, 0.6) is 0 Å². The van der Waals surface area contributed by atoms with Gasteiger partial charge in [0.15, 0.2) is 0 Å². The third-order valence-electron chi connectivity index (χ3n) is 3.38. The van der Waals surface area contributed by atoms with E-state index in [4.69, 9.17) is 4.74 Å². The number of aliphatic hydroxyl groups is 1. The minimum Gasteiger partial charge on any atom is -0.393 e. The lowest BCUT2D eigenvalue weighted by Gasteiger charge is -2.26. The van der Waals surface area contributed by atoms with E-state index in [9.17, 15) is 5.11 Å². The third kappa shape index (κ3) is 2.96. The Balaban J connectivity index is 1.64. The number of rotatable bonds is 4. The van der Waals surface area contributed by atoms with E-state index in [1.54, 1.807) is 0 Å². The molecular weight excluding hydrogens is 164 g/mol. The maximum atomic E-state index is 9.90. The van der Waals surface area contributed by atoms with Crippen molar-refractivity contribution in [3.05, 3.63) is 0 Å². The molecule has 2 nitrogen and oxygen atoms in total. The van der Waals surface area contributed by atoms with E-state index in [2.05, 4.69) is 0 Å². The molecule has 0 amide bonds. The normalized spacial score (nSPS) is 27.5. The van der Waals surface area contributed by atoms with Gasteiger partial charge in [-0.2, -0.15) is 0 Å². The predicted molar refractivity (Wildman–Crippen MR) is 51.5 cm³/mol. The van der Waals surface area contributed by atoms with Gasteiger partial charge in [-0.25, -0.2) is 0 Å². The summed E-state index contributed by atoms with van der Waals surface area (Å²) in [5, 5.41) is 9.90. The molecule has 2 heteroatoms. The van der Waals surface area contributed by atoms with Crippen molar-refractivity contribution in [2.75, 3.05) is 13.2 Å². The van der Waals surface area contributed by atoms with E-state index in [1.165, 1.54) is 19.3 Å².